The lowest BCUT2D eigenvalue weighted by atomic mass is 9.61. The van der Waals surface area contributed by atoms with E-state index in [0.717, 1.165) is 85.4 Å². The highest BCUT2D eigenvalue weighted by molar-refractivity contribution is 7.70. The number of methoxy groups -OCH3 is 1. The Kier molecular flexibility index (Phi) is 10.5. The largest absolute Gasteiger partial charge is 0.494 e. The summed E-state index contributed by atoms with van der Waals surface area (Å²) in [5.74, 6) is 1.27. The number of carbonyl (C=O) groups is 3. The lowest BCUT2D eigenvalue weighted by Crippen LogP contribution is -2.67. The number of ether oxygens (including phenoxy) is 2. The monoisotopic (exact) mass is 852 g/mol. The van der Waals surface area contributed by atoms with Crippen LogP contribution in [0.5, 0.6) is 11.5 Å². The molecule has 1 atom stereocenters. The first-order valence-electron chi connectivity index (χ1n) is 20.6. The van der Waals surface area contributed by atoms with Gasteiger partial charge in [-0.3, -0.25) is 24.6 Å². The van der Waals surface area contributed by atoms with Crippen molar-refractivity contribution in [2.75, 3.05) is 62.2 Å². The van der Waals surface area contributed by atoms with Crippen LogP contribution >= 0.6 is 18.7 Å². The highest BCUT2D eigenvalue weighted by Crippen LogP contribution is 2.52. The summed E-state index contributed by atoms with van der Waals surface area (Å²) in [5, 5.41) is 10.0. The van der Waals surface area contributed by atoms with Crippen molar-refractivity contribution in [3.63, 3.8) is 0 Å². The third kappa shape index (κ3) is 7.69. The van der Waals surface area contributed by atoms with Crippen LogP contribution in [0.4, 0.5) is 28.8 Å². The first kappa shape index (κ1) is 40.2. The Balaban J connectivity index is 0.775. The molecule has 3 saturated heterocycles. The second-order valence-electron chi connectivity index (χ2n) is 17.3. The molecular formula is C44H50ClN8O6P. The summed E-state index contributed by atoms with van der Waals surface area (Å²) >= 11 is 6.51. The number of nitrogens with zero attached hydrogens (tertiary/aromatic N) is 5. The number of likely N-dealkylation sites (tertiary alicyclic amines) is 1. The summed E-state index contributed by atoms with van der Waals surface area (Å²) < 4.78 is 25.3. The zero-order valence-corrected chi connectivity index (χ0v) is 35.9. The number of aryl methyl sites for hydroxylation is 1. The summed E-state index contributed by atoms with van der Waals surface area (Å²) in [6.45, 7) is 9.94. The molecule has 5 heterocycles. The number of para-hydroxylation sites is 1. The van der Waals surface area contributed by atoms with Crippen molar-refractivity contribution in [3.05, 3.63) is 82.5 Å². The molecule has 60 heavy (non-hydrogen) atoms. The van der Waals surface area contributed by atoms with Crippen molar-refractivity contribution in [2.45, 2.75) is 70.2 Å². The molecular weight excluding hydrogens is 803 g/mol. The predicted molar refractivity (Wildman–Crippen MR) is 232 cm³/mol. The molecule has 3 aromatic carbocycles. The lowest BCUT2D eigenvalue weighted by molar-refractivity contribution is -0.137. The summed E-state index contributed by atoms with van der Waals surface area (Å²) in [5.41, 5.74) is 5.37. The summed E-state index contributed by atoms with van der Waals surface area (Å²) in [6.07, 6.45) is 6.34. The minimum absolute atomic E-state index is 0.0986. The van der Waals surface area contributed by atoms with Crippen LogP contribution in [0.3, 0.4) is 0 Å². The van der Waals surface area contributed by atoms with E-state index < -0.39 is 19.1 Å². The minimum Gasteiger partial charge on any atom is -0.494 e. The first-order chi connectivity index (χ1) is 28.8. The fourth-order valence-electron chi connectivity index (χ4n) is 9.74. The molecule has 4 aromatic rings. The first-order valence-corrected chi connectivity index (χ1v) is 23.6. The lowest BCUT2D eigenvalue weighted by Gasteiger charge is -2.61. The van der Waals surface area contributed by atoms with E-state index >= 15 is 0 Å². The molecule has 4 fully saturated rings. The molecule has 5 aliphatic rings. The number of halogens is 1. The molecule has 3 N–H and O–H groups in total. The highest BCUT2D eigenvalue weighted by atomic mass is 35.5. The molecule has 0 radical (unpaired) electrons. The van der Waals surface area contributed by atoms with E-state index in [-0.39, 0.29) is 29.8 Å². The molecule has 4 aliphatic heterocycles. The zero-order valence-electron chi connectivity index (χ0n) is 34.3. The van der Waals surface area contributed by atoms with E-state index in [1.165, 1.54) is 6.20 Å². The highest BCUT2D eigenvalue weighted by Gasteiger charge is 2.55. The van der Waals surface area contributed by atoms with Gasteiger partial charge in [-0.2, -0.15) is 4.98 Å². The van der Waals surface area contributed by atoms with Crippen molar-refractivity contribution < 1.29 is 28.4 Å². The normalized spacial score (nSPS) is 20.7. The Morgan fingerprint density at radius 2 is 1.72 bits per heavy atom. The van der Waals surface area contributed by atoms with Crippen LogP contribution in [0.25, 0.3) is 0 Å². The van der Waals surface area contributed by atoms with Gasteiger partial charge in [-0.15, -0.1) is 0 Å². The molecule has 9 rings (SSSR count). The van der Waals surface area contributed by atoms with Crippen LogP contribution in [-0.2, 0) is 20.7 Å². The number of amides is 3. The Hall–Kier alpha value is -5.17. The van der Waals surface area contributed by atoms with Crippen LogP contribution in [0.2, 0.25) is 5.02 Å². The van der Waals surface area contributed by atoms with E-state index in [4.69, 9.17) is 21.1 Å². The zero-order chi connectivity index (χ0) is 41.9. The van der Waals surface area contributed by atoms with Crippen LogP contribution in [0, 0.1) is 12.3 Å². The smallest absolute Gasteiger partial charge is 0.255 e. The number of aromatic nitrogens is 2. The van der Waals surface area contributed by atoms with Gasteiger partial charge in [0.05, 0.1) is 37.3 Å². The van der Waals surface area contributed by atoms with E-state index in [1.54, 1.807) is 31.4 Å². The fourth-order valence-corrected chi connectivity index (χ4v) is 11.0. The van der Waals surface area contributed by atoms with E-state index in [2.05, 4.69) is 54.8 Å². The summed E-state index contributed by atoms with van der Waals surface area (Å²) in [7, 11) is -0.895. The number of rotatable bonds is 11. The van der Waals surface area contributed by atoms with E-state index in [9.17, 15) is 18.9 Å². The topological polar surface area (TPSA) is 158 Å². The molecule has 1 aromatic heterocycles. The van der Waals surface area contributed by atoms with Gasteiger partial charge in [-0.1, -0.05) is 29.8 Å². The molecule has 1 unspecified atom stereocenters. The molecule has 1 spiro atoms. The maximum Gasteiger partial charge on any atom is 0.255 e. The van der Waals surface area contributed by atoms with E-state index in [0.29, 0.717) is 52.8 Å². The number of benzene rings is 3. The fraction of sp³-hybridized carbons (Fsp3) is 0.432. The van der Waals surface area contributed by atoms with Crippen LogP contribution in [-0.4, -0.2) is 102 Å². The van der Waals surface area contributed by atoms with Gasteiger partial charge < -0.3 is 34.5 Å². The van der Waals surface area contributed by atoms with Crippen molar-refractivity contribution in [1.29, 1.82) is 0 Å². The minimum atomic E-state index is -2.55. The standard InChI is InChI=1S/C44H50ClN8O6P/c1-26-18-33(48-43-46-22-31(45)40(50-43)47-32-9-5-6-11-38(32)60(3,4)57)37(58-2)19-35(26)51-16-14-27(15-17-51)52-24-44(25-52)20-28(21-44)59-36-10-7-8-29-30(36)23-53(42(29)56)34-12-13-39(54)49-41(34)55/h5-11,18-19,22,27-28,34H,12-17,20-21,23-25H2,1-4H3,(H,49,54,55)(H2,46,47,48,50). The van der Waals surface area contributed by atoms with Gasteiger partial charge >= 0.3 is 0 Å². The molecule has 0 bridgehead atoms. The van der Waals surface area contributed by atoms with Crippen molar-refractivity contribution in [2.24, 2.45) is 5.41 Å². The maximum atomic E-state index is 13.3. The molecule has 3 amide bonds. The Bertz CT molecular complexity index is 2420. The van der Waals surface area contributed by atoms with Crippen molar-refractivity contribution in [3.8, 4) is 11.5 Å². The van der Waals surface area contributed by atoms with Crippen LogP contribution in [0.1, 0.15) is 60.0 Å². The third-order valence-corrected chi connectivity index (χ3v) is 14.6. The van der Waals surface area contributed by atoms with Crippen molar-refractivity contribution >= 4 is 70.6 Å². The number of nitrogens with one attached hydrogen (secondary N) is 3. The van der Waals surface area contributed by atoms with Gasteiger partial charge in [0.2, 0.25) is 17.8 Å². The van der Waals surface area contributed by atoms with E-state index in [1.807, 2.05) is 36.4 Å². The molecule has 1 aliphatic carbocycles. The predicted octanol–water partition coefficient (Wildman–Crippen LogP) is 6.46. The quantitative estimate of drug-likeness (QED) is 0.112. The molecule has 14 nitrogen and oxygen atoms in total. The Labute approximate surface area is 354 Å². The molecule has 1 saturated carbocycles. The number of hydrogen-bond acceptors (Lipinski definition) is 12. The van der Waals surface area contributed by atoms with Gasteiger partial charge in [-0.25, -0.2) is 4.98 Å². The Morgan fingerprint density at radius 3 is 2.45 bits per heavy atom. The van der Waals surface area contributed by atoms with Gasteiger partial charge in [0, 0.05) is 72.2 Å². The van der Waals surface area contributed by atoms with Gasteiger partial charge in [-0.05, 0) is 88.3 Å². The van der Waals surface area contributed by atoms with Crippen LogP contribution < -0.4 is 35.6 Å². The van der Waals surface area contributed by atoms with Gasteiger partial charge in [0.25, 0.3) is 5.91 Å². The Morgan fingerprint density at radius 1 is 0.950 bits per heavy atom. The van der Waals surface area contributed by atoms with Gasteiger partial charge in [0.15, 0.2) is 5.82 Å². The average Bonchev–Trinajstić information content (AvgIpc) is 3.53. The SMILES string of the molecule is COc1cc(N2CCC(N3CC4(CC(Oc5cccc6c5CN(C5CCC(=O)NC5=O)C6=O)C4)C3)CC2)c(C)cc1Nc1ncc(Cl)c(Nc2ccccc2P(C)(C)=O)n1. The number of piperidine rings is 2. The third-order valence-electron chi connectivity index (χ3n) is 12.8. The second-order valence-corrected chi connectivity index (χ2v) is 20.9. The maximum absolute atomic E-state index is 13.3. The number of anilines is 5. The summed E-state index contributed by atoms with van der Waals surface area (Å²) in [6, 6.07) is 17.1. The number of imide groups is 1. The molecule has 16 heteroatoms. The summed E-state index contributed by atoms with van der Waals surface area (Å²) in [4.78, 5) is 53.2. The van der Waals surface area contributed by atoms with Crippen molar-refractivity contribution in [1.82, 2.24) is 25.1 Å². The molecule has 314 valence electrons. The second kappa shape index (κ2) is 15.7. The average molecular weight is 853 g/mol. The van der Waals surface area contributed by atoms with Gasteiger partial charge in [0.1, 0.15) is 29.7 Å². The number of fused-ring (bicyclic) bond motifs is 1. The number of carbonyl (C=O) groups excluding carboxylic acids is 3. The number of hydrogen-bond donors (Lipinski definition) is 3. The van der Waals surface area contributed by atoms with Crippen LogP contribution in [0.15, 0.2) is 60.8 Å².